The van der Waals surface area contributed by atoms with Gasteiger partial charge in [-0.3, -0.25) is 0 Å². The van der Waals surface area contributed by atoms with Gasteiger partial charge in [-0.25, -0.2) is 0 Å². The third-order valence-corrected chi connectivity index (χ3v) is 3.35. The van der Waals surface area contributed by atoms with Crippen molar-refractivity contribution in [2.75, 3.05) is 0 Å². The van der Waals surface area contributed by atoms with E-state index in [0.29, 0.717) is 6.42 Å². The molecule has 0 saturated heterocycles. The Bertz CT molecular complexity index is 384. The minimum Gasteiger partial charge on any atom is -0.321 e. The Morgan fingerprint density at radius 3 is 1.94 bits per heavy atom. The SMILES string of the molecule is CCC(N)(c1ccccc1C(F)(F)F)C(C)C. The Labute approximate surface area is 99.8 Å². The third kappa shape index (κ3) is 2.63. The number of hydrogen-bond donors (Lipinski definition) is 1. The fourth-order valence-corrected chi connectivity index (χ4v) is 2.05. The molecule has 0 aliphatic heterocycles. The summed E-state index contributed by atoms with van der Waals surface area (Å²) in [5, 5.41) is 0. The zero-order valence-electron chi connectivity index (χ0n) is 10.3. The lowest BCUT2D eigenvalue weighted by Gasteiger charge is -2.35. The monoisotopic (exact) mass is 245 g/mol. The summed E-state index contributed by atoms with van der Waals surface area (Å²) in [6.45, 7) is 5.50. The van der Waals surface area contributed by atoms with Crippen molar-refractivity contribution in [2.24, 2.45) is 11.7 Å². The highest BCUT2D eigenvalue weighted by molar-refractivity contribution is 5.36. The van der Waals surface area contributed by atoms with Crippen LogP contribution in [0, 0.1) is 5.92 Å². The van der Waals surface area contributed by atoms with E-state index < -0.39 is 17.3 Å². The average Bonchev–Trinajstić information content (AvgIpc) is 2.26. The Morgan fingerprint density at radius 2 is 1.59 bits per heavy atom. The first-order chi connectivity index (χ1) is 7.73. The van der Waals surface area contributed by atoms with E-state index in [1.54, 1.807) is 6.07 Å². The molecule has 0 aliphatic rings. The highest BCUT2D eigenvalue weighted by Crippen LogP contribution is 2.39. The Balaban J connectivity index is 3.40. The van der Waals surface area contributed by atoms with Gasteiger partial charge in [0.15, 0.2) is 0 Å². The zero-order chi connectivity index (χ0) is 13.3. The predicted octanol–water partition coefficient (Wildman–Crippen LogP) is 3.93. The van der Waals surface area contributed by atoms with Gasteiger partial charge >= 0.3 is 6.18 Å². The van der Waals surface area contributed by atoms with Gasteiger partial charge in [0.2, 0.25) is 0 Å². The van der Waals surface area contributed by atoms with Crippen LogP contribution in [0.15, 0.2) is 24.3 Å². The number of rotatable bonds is 3. The molecule has 0 aromatic heterocycles. The summed E-state index contributed by atoms with van der Waals surface area (Å²) < 4.78 is 38.8. The van der Waals surface area contributed by atoms with E-state index in [9.17, 15) is 13.2 Å². The highest BCUT2D eigenvalue weighted by atomic mass is 19.4. The maximum absolute atomic E-state index is 12.9. The molecule has 17 heavy (non-hydrogen) atoms. The summed E-state index contributed by atoms with van der Waals surface area (Å²) in [4.78, 5) is 0. The van der Waals surface area contributed by atoms with Crippen LogP contribution >= 0.6 is 0 Å². The molecule has 2 N–H and O–H groups in total. The molecule has 0 aliphatic carbocycles. The summed E-state index contributed by atoms with van der Waals surface area (Å²) in [6, 6.07) is 5.56. The second-order valence-electron chi connectivity index (χ2n) is 4.59. The Morgan fingerprint density at radius 1 is 1.12 bits per heavy atom. The molecule has 4 heteroatoms. The van der Waals surface area contributed by atoms with Crippen LogP contribution in [-0.4, -0.2) is 0 Å². The fraction of sp³-hybridized carbons (Fsp3) is 0.538. The third-order valence-electron chi connectivity index (χ3n) is 3.35. The van der Waals surface area contributed by atoms with Crippen molar-refractivity contribution in [1.29, 1.82) is 0 Å². The van der Waals surface area contributed by atoms with Crippen molar-refractivity contribution in [3.8, 4) is 0 Å². The number of nitrogens with two attached hydrogens (primary N) is 1. The second kappa shape index (κ2) is 4.69. The number of benzene rings is 1. The van der Waals surface area contributed by atoms with Crippen molar-refractivity contribution in [1.82, 2.24) is 0 Å². The normalized spacial score (nSPS) is 16.0. The standard InChI is InChI=1S/C13H18F3N/c1-4-12(17,9(2)3)10-7-5-6-8-11(10)13(14,15)16/h5-9H,4,17H2,1-3H3. The first-order valence-corrected chi connectivity index (χ1v) is 5.69. The van der Waals surface area contributed by atoms with E-state index in [-0.39, 0.29) is 11.5 Å². The van der Waals surface area contributed by atoms with Crippen LogP contribution in [0.25, 0.3) is 0 Å². The number of hydrogen-bond acceptors (Lipinski definition) is 1. The lowest BCUT2D eigenvalue weighted by Crippen LogP contribution is -2.42. The van der Waals surface area contributed by atoms with Gasteiger partial charge in [0, 0.05) is 5.54 Å². The molecule has 0 fully saturated rings. The molecule has 0 spiro atoms. The average molecular weight is 245 g/mol. The summed E-state index contributed by atoms with van der Waals surface area (Å²) in [5.74, 6) is -0.0593. The topological polar surface area (TPSA) is 26.0 Å². The quantitative estimate of drug-likeness (QED) is 0.858. The smallest absolute Gasteiger partial charge is 0.321 e. The molecule has 1 aromatic carbocycles. The van der Waals surface area contributed by atoms with Crippen LogP contribution in [0.1, 0.15) is 38.3 Å². The van der Waals surface area contributed by atoms with Gasteiger partial charge in [0.05, 0.1) is 5.56 Å². The van der Waals surface area contributed by atoms with Gasteiger partial charge in [0.25, 0.3) is 0 Å². The summed E-state index contributed by atoms with van der Waals surface area (Å²) in [5.41, 5.74) is 4.78. The van der Waals surface area contributed by atoms with Gasteiger partial charge in [-0.1, -0.05) is 39.0 Å². The molecule has 0 amide bonds. The summed E-state index contributed by atoms with van der Waals surface area (Å²) in [7, 11) is 0. The first kappa shape index (κ1) is 14.0. The second-order valence-corrected chi connectivity index (χ2v) is 4.59. The maximum atomic E-state index is 12.9. The maximum Gasteiger partial charge on any atom is 0.416 e. The minimum absolute atomic E-state index is 0.0593. The molecule has 0 heterocycles. The zero-order valence-corrected chi connectivity index (χ0v) is 10.3. The molecule has 0 radical (unpaired) electrons. The van der Waals surface area contributed by atoms with E-state index in [4.69, 9.17) is 5.73 Å². The van der Waals surface area contributed by atoms with E-state index in [0.717, 1.165) is 6.07 Å². The van der Waals surface area contributed by atoms with Crippen molar-refractivity contribution in [3.63, 3.8) is 0 Å². The molecule has 1 aromatic rings. The molecule has 1 nitrogen and oxygen atoms in total. The van der Waals surface area contributed by atoms with Crippen LogP contribution in [0.4, 0.5) is 13.2 Å². The van der Waals surface area contributed by atoms with Gasteiger partial charge in [-0.15, -0.1) is 0 Å². The predicted molar refractivity (Wildman–Crippen MR) is 62.4 cm³/mol. The molecular weight excluding hydrogens is 227 g/mol. The van der Waals surface area contributed by atoms with Crippen molar-refractivity contribution in [3.05, 3.63) is 35.4 Å². The van der Waals surface area contributed by atoms with Crippen LogP contribution in [0.3, 0.4) is 0 Å². The highest BCUT2D eigenvalue weighted by Gasteiger charge is 2.40. The van der Waals surface area contributed by atoms with Gasteiger partial charge in [-0.2, -0.15) is 13.2 Å². The minimum atomic E-state index is -4.36. The van der Waals surface area contributed by atoms with Gasteiger partial charge in [0.1, 0.15) is 0 Å². The molecule has 0 saturated carbocycles. The molecule has 1 rings (SSSR count). The molecule has 1 unspecified atom stereocenters. The first-order valence-electron chi connectivity index (χ1n) is 5.69. The van der Waals surface area contributed by atoms with Crippen molar-refractivity contribution >= 4 is 0 Å². The largest absolute Gasteiger partial charge is 0.416 e. The van der Waals surface area contributed by atoms with Crippen LogP contribution in [0.2, 0.25) is 0 Å². The molecule has 96 valence electrons. The number of halogens is 3. The fourth-order valence-electron chi connectivity index (χ4n) is 2.05. The molecule has 1 atom stereocenters. The van der Waals surface area contributed by atoms with Crippen molar-refractivity contribution < 1.29 is 13.2 Å². The van der Waals surface area contributed by atoms with Crippen LogP contribution < -0.4 is 5.73 Å². The van der Waals surface area contributed by atoms with Gasteiger partial charge < -0.3 is 5.73 Å². The van der Waals surface area contributed by atoms with Crippen molar-refractivity contribution in [2.45, 2.75) is 38.9 Å². The van der Waals surface area contributed by atoms with Crippen LogP contribution in [0.5, 0.6) is 0 Å². The van der Waals surface area contributed by atoms with Crippen LogP contribution in [-0.2, 0) is 11.7 Å². The van der Waals surface area contributed by atoms with E-state index in [1.807, 2.05) is 20.8 Å². The number of alkyl halides is 3. The van der Waals surface area contributed by atoms with E-state index >= 15 is 0 Å². The van der Waals surface area contributed by atoms with E-state index in [1.165, 1.54) is 12.1 Å². The summed E-state index contributed by atoms with van der Waals surface area (Å²) in [6.07, 6.45) is -3.89. The van der Waals surface area contributed by atoms with E-state index in [2.05, 4.69) is 0 Å². The Hall–Kier alpha value is -1.03. The molecule has 0 bridgehead atoms. The lowest BCUT2D eigenvalue weighted by molar-refractivity contribution is -0.139. The summed E-state index contributed by atoms with van der Waals surface area (Å²) >= 11 is 0. The lowest BCUT2D eigenvalue weighted by atomic mass is 9.76. The van der Waals surface area contributed by atoms with Gasteiger partial charge in [-0.05, 0) is 24.0 Å². The Kier molecular flexibility index (Phi) is 3.87. The molecular formula is C13H18F3N.